The number of fused-ring (bicyclic) bond motifs is 1. The van der Waals surface area contributed by atoms with Crippen molar-refractivity contribution in [2.45, 2.75) is 19.3 Å². The monoisotopic (exact) mass is 198 g/mol. The van der Waals surface area contributed by atoms with E-state index < -0.39 is 0 Å². The van der Waals surface area contributed by atoms with Gasteiger partial charge in [-0.2, -0.15) is 0 Å². The van der Waals surface area contributed by atoms with E-state index in [0.717, 1.165) is 6.42 Å². The summed E-state index contributed by atoms with van der Waals surface area (Å²) in [6.45, 7) is 0. The molecule has 0 amide bonds. The molecule has 0 atom stereocenters. The van der Waals surface area contributed by atoms with Crippen LogP contribution in [0.25, 0.3) is 0 Å². The number of ketones is 2. The molecule has 0 saturated carbocycles. The first-order valence-corrected chi connectivity index (χ1v) is 5.10. The van der Waals surface area contributed by atoms with Crippen molar-refractivity contribution in [3.05, 3.63) is 46.6 Å². The molecule has 15 heavy (non-hydrogen) atoms. The van der Waals surface area contributed by atoms with Crippen LogP contribution in [0.1, 0.15) is 19.3 Å². The zero-order chi connectivity index (χ0) is 10.4. The van der Waals surface area contributed by atoms with E-state index in [1.54, 1.807) is 12.2 Å². The number of rotatable bonds is 0. The standard InChI is InChI=1S/C13H10O2/c14-10-1-3-12-8(6-10)5-9-7-11(15)2-4-13(9)12/h1-4H,5-7H2. The van der Waals surface area contributed by atoms with Crippen LogP contribution in [0, 0.1) is 0 Å². The van der Waals surface area contributed by atoms with E-state index in [1.165, 1.54) is 22.3 Å². The fraction of sp³-hybridized carbons (Fsp3) is 0.231. The Morgan fingerprint density at radius 3 is 1.60 bits per heavy atom. The third-order valence-electron chi connectivity index (χ3n) is 3.13. The van der Waals surface area contributed by atoms with Crippen LogP contribution in [0.15, 0.2) is 46.6 Å². The summed E-state index contributed by atoms with van der Waals surface area (Å²) in [6.07, 6.45) is 8.93. The summed E-state index contributed by atoms with van der Waals surface area (Å²) in [5, 5.41) is 0. The van der Waals surface area contributed by atoms with Crippen molar-refractivity contribution in [3.63, 3.8) is 0 Å². The number of allylic oxidation sites excluding steroid dienone is 8. The second-order valence-electron chi connectivity index (χ2n) is 4.16. The molecule has 3 rings (SSSR count). The highest BCUT2D eigenvalue weighted by Gasteiger charge is 2.27. The van der Waals surface area contributed by atoms with Crippen molar-refractivity contribution in [1.82, 2.24) is 0 Å². The highest BCUT2D eigenvalue weighted by molar-refractivity contribution is 5.98. The molecule has 0 unspecified atom stereocenters. The summed E-state index contributed by atoms with van der Waals surface area (Å²) in [6, 6.07) is 0. The van der Waals surface area contributed by atoms with Gasteiger partial charge in [-0.05, 0) is 29.7 Å². The van der Waals surface area contributed by atoms with E-state index in [0.29, 0.717) is 12.8 Å². The minimum Gasteiger partial charge on any atom is -0.294 e. The van der Waals surface area contributed by atoms with Crippen LogP contribution in [0.5, 0.6) is 0 Å². The second-order valence-corrected chi connectivity index (χ2v) is 4.16. The maximum atomic E-state index is 11.3. The third-order valence-corrected chi connectivity index (χ3v) is 3.13. The molecule has 0 heterocycles. The lowest BCUT2D eigenvalue weighted by atomic mass is 9.95. The summed E-state index contributed by atoms with van der Waals surface area (Å²) in [7, 11) is 0. The lowest BCUT2D eigenvalue weighted by Crippen LogP contribution is -2.01. The minimum absolute atomic E-state index is 0.170. The molecule has 0 radical (unpaired) electrons. The van der Waals surface area contributed by atoms with Crippen molar-refractivity contribution >= 4 is 11.6 Å². The highest BCUT2D eigenvalue weighted by Crippen LogP contribution is 2.40. The average Bonchev–Trinajstić information content (AvgIpc) is 2.53. The zero-order valence-electron chi connectivity index (χ0n) is 8.25. The van der Waals surface area contributed by atoms with Gasteiger partial charge in [0, 0.05) is 12.8 Å². The molecule has 3 aliphatic carbocycles. The molecule has 0 aliphatic heterocycles. The second kappa shape index (κ2) is 2.89. The minimum atomic E-state index is 0.170. The normalized spacial score (nSPS) is 23.7. The quantitative estimate of drug-likeness (QED) is 0.597. The van der Waals surface area contributed by atoms with Gasteiger partial charge >= 0.3 is 0 Å². The maximum Gasteiger partial charge on any atom is 0.159 e. The fourth-order valence-electron chi connectivity index (χ4n) is 2.45. The summed E-state index contributed by atoms with van der Waals surface area (Å²) in [5.41, 5.74) is 4.72. The summed E-state index contributed by atoms with van der Waals surface area (Å²) in [4.78, 5) is 22.5. The molecule has 0 aromatic heterocycles. The van der Waals surface area contributed by atoms with Crippen molar-refractivity contribution in [1.29, 1.82) is 0 Å². The number of carbonyl (C=O) groups is 2. The van der Waals surface area contributed by atoms with Gasteiger partial charge in [0.1, 0.15) is 0 Å². The molecular weight excluding hydrogens is 188 g/mol. The van der Waals surface area contributed by atoms with Crippen LogP contribution < -0.4 is 0 Å². The third kappa shape index (κ3) is 1.25. The molecule has 0 aromatic carbocycles. The van der Waals surface area contributed by atoms with E-state index in [1.807, 2.05) is 12.2 Å². The molecule has 0 saturated heterocycles. The van der Waals surface area contributed by atoms with Gasteiger partial charge in [0.2, 0.25) is 0 Å². The first-order valence-electron chi connectivity index (χ1n) is 5.10. The highest BCUT2D eigenvalue weighted by atomic mass is 16.1. The molecule has 2 nitrogen and oxygen atoms in total. The largest absolute Gasteiger partial charge is 0.294 e. The molecule has 0 fully saturated rings. The van der Waals surface area contributed by atoms with E-state index in [4.69, 9.17) is 0 Å². The number of hydrogen-bond acceptors (Lipinski definition) is 2. The van der Waals surface area contributed by atoms with Crippen LogP contribution in [0.2, 0.25) is 0 Å². The smallest absolute Gasteiger partial charge is 0.159 e. The molecule has 74 valence electrons. The van der Waals surface area contributed by atoms with E-state index >= 15 is 0 Å². The molecule has 2 heteroatoms. The predicted octanol–water partition coefficient (Wildman–Crippen LogP) is 2.04. The van der Waals surface area contributed by atoms with Crippen molar-refractivity contribution in [3.8, 4) is 0 Å². The van der Waals surface area contributed by atoms with Crippen molar-refractivity contribution < 1.29 is 9.59 Å². The maximum absolute atomic E-state index is 11.3. The van der Waals surface area contributed by atoms with Gasteiger partial charge in [-0.15, -0.1) is 0 Å². The molecule has 0 spiro atoms. The average molecular weight is 198 g/mol. The Bertz CT molecular complexity index is 453. The predicted molar refractivity (Wildman–Crippen MR) is 56.2 cm³/mol. The summed E-state index contributed by atoms with van der Waals surface area (Å²) in [5.74, 6) is 0.341. The fourth-order valence-corrected chi connectivity index (χ4v) is 2.45. The van der Waals surface area contributed by atoms with Gasteiger partial charge in [0.15, 0.2) is 11.6 Å². The number of carbonyl (C=O) groups excluding carboxylic acids is 2. The Kier molecular flexibility index (Phi) is 1.66. The van der Waals surface area contributed by atoms with Gasteiger partial charge in [0.25, 0.3) is 0 Å². The van der Waals surface area contributed by atoms with Crippen molar-refractivity contribution in [2.24, 2.45) is 0 Å². The summed E-state index contributed by atoms with van der Waals surface area (Å²) < 4.78 is 0. The van der Waals surface area contributed by atoms with Crippen LogP contribution >= 0.6 is 0 Å². The molecule has 0 N–H and O–H groups in total. The zero-order valence-corrected chi connectivity index (χ0v) is 8.25. The van der Waals surface area contributed by atoms with Gasteiger partial charge in [0.05, 0.1) is 0 Å². The van der Waals surface area contributed by atoms with E-state index in [2.05, 4.69) is 0 Å². The Labute approximate surface area is 87.7 Å². The first kappa shape index (κ1) is 8.60. The molecule has 0 aromatic rings. The van der Waals surface area contributed by atoms with Crippen LogP contribution in [-0.2, 0) is 9.59 Å². The topological polar surface area (TPSA) is 34.1 Å². The first-order chi connectivity index (χ1) is 7.24. The van der Waals surface area contributed by atoms with Crippen LogP contribution in [0.4, 0.5) is 0 Å². The van der Waals surface area contributed by atoms with Crippen LogP contribution in [0.3, 0.4) is 0 Å². The Balaban J connectivity index is 2.02. The molecule has 3 aliphatic rings. The number of hydrogen-bond donors (Lipinski definition) is 0. The van der Waals surface area contributed by atoms with Crippen LogP contribution in [-0.4, -0.2) is 11.6 Å². The molecule has 0 bridgehead atoms. The Morgan fingerprint density at radius 1 is 0.667 bits per heavy atom. The Morgan fingerprint density at radius 2 is 1.13 bits per heavy atom. The Hall–Kier alpha value is -1.70. The van der Waals surface area contributed by atoms with Gasteiger partial charge in [-0.1, -0.05) is 23.3 Å². The SMILES string of the molecule is O=C1C=CC2=C(C1)CC1=C2C=CC(=O)C1. The van der Waals surface area contributed by atoms with Gasteiger partial charge in [-0.3, -0.25) is 9.59 Å². The van der Waals surface area contributed by atoms with Gasteiger partial charge in [-0.25, -0.2) is 0 Å². The van der Waals surface area contributed by atoms with E-state index in [-0.39, 0.29) is 11.6 Å². The van der Waals surface area contributed by atoms with Crippen molar-refractivity contribution in [2.75, 3.05) is 0 Å². The lowest BCUT2D eigenvalue weighted by molar-refractivity contribution is -0.114. The lowest BCUT2D eigenvalue weighted by Gasteiger charge is -2.09. The van der Waals surface area contributed by atoms with Gasteiger partial charge < -0.3 is 0 Å². The molecular formula is C13H10O2. The van der Waals surface area contributed by atoms with E-state index in [9.17, 15) is 9.59 Å². The summed E-state index contributed by atoms with van der Waals surface area (Å²) >= 11 is 0.